The van der Waals surface area contributed by atoms with Gasteiger partial charge in [0.05, 0.1) is 4.91 Å². The number of anilines is 1. The molecular weight excluding hydrogens is 416 g/mol. The van der Waals surface area contributed by atoms with Gasteiger partial charge in [-0.1, -0.05) is 37.8 Å². The highest BCUT2D eigenvalue weighted by atomic mass is 32.2. The van der Waals surface area contributed by atoms with Crippen molar-refractivity contribution in [1.82, 2.24) is 9.47 Å². The van der Waals surface area contributed by atoms with E-state index in [4.69, 9.17) is 12.2 Å². The van der Waals surface area contributed by atoms with Crippen LogP contribution in [0.1, 0.15) is 50.8 Å². The van der Waals surface area contributed by atoms with Crippen LogP contribution in [-0.2, 0) is 11.3 Å². The maximum Gasteiger partial charge on any atom is 0.270 e. The van der Waals surface area contributed by atoms with E-state index < -0.39 is 0 Å². The molecule has 30 heavy (non-hydrogen) atoms. The van der Waals surface area contributed by atoms with Crippen molar-refractivity contribution in [2.75, 3.05) is 24.5 Å². The summed E-state index contributed by atoms with van der Waals surface area (Å²) in [6.45, 7) is 12.7. The number of amides is 1. The Morgan fingerprint density at radius 3 is 2.33 bits per heavy atom. The second kappa shape index (κ2) is 8.94. The smallest absolute Gasteiger partial charge is 0.270 e. The normalized spacial score (nSPS) is 23.4. The van der Waals surface area contributed by atoms with Crippen LogP contribution >= 0.6 is 24.0 Å². The van der Waals surface area contributed by atoms with Gasteiger partial charge in [-0.15, -0.1) is 0 Å². The maximum absolute atomic E-state index is 13.1. The molecule has 0 bridgehead atoms. The zero-order chi connectivity index (χ0) is 22.2. The molecule has 160 valence electrons. The summed E-state index contributed by atoms with van der Waals surface area (Å²) in [5.41, 5.74) is 1.26. The summed E-state index contributed by atoms with van der Waals surface area (Å²) in [6, 6.07) is 2.08. The number of carbonyl (C=O) groups excluding carboxylic acids is 1. The van der Waals surface area contributed by atoms with Gasteiger partial charge in [-0.25, -0.2) is 0 Å². The molecule has 0 radical (unpaired) electrons. The molecule has 2 aliphatic rings. The first-order valence-corrected chi connectivity index (χ1v) is 11.6. The third kappa shape index (κ3) is 3.93. The molecule has 1 amide bonds. The fourth-order valence-electron chi connectivity index (χ4n) is 4.52. The number of aromatic nitrogens is 1. The van der Waals surface area contributed by atoms with Crippen LogP contribution in [-0.4, -0.2) is 39.3 Å². The predicted octanol–water partition coefficient (Wildman–Crippen LogP) is 3.75. The predicted molar refractivity (Wildman–Crippen MR) is 127 cm³/mol. The minimum Gasteiger partial charge on any atom is -0.357 e. The van der Waals surface area contributed by atoms with Crippen LogP contribution in [0.5, 0.6) is 0 Å². The van der Waals surface area contributed by atoms with Crippen molar-refractivity contribution in [3.63, 3.8) is 0 Å². The van der Waals surface area contributed by atoms with Crippen LogP contribution in [0, 0.1) is 30.1 Å². The molecule has 1 aromatic rings. The minimum absolute atomic E-state index is 0.119. The molecule has 2 unspecified atom stereocenters. The van der Waals surface area contributed by atoms with Crippen molar-refractivity contribution in [1.29, 1.82) is 5.26 Å². The highest BCUT2D eigenvalue weighted by molar-refractivity contribution is 8.26. The van der Waals surface area contributed by atoms with Gasteiger partial charge < -0.3 is 4.90 Å². The Labute approximate surface area is 187 Å². The first-order valence-electron chi connectivity index (χ1n) is 10.4. The second-order valence-electron chi connectivity index (χ2n) is 8.18. The summed E-state index contributed by atoms with van der Waals surface area (Å²) < 4.78 is 2.22. The number of nitrogens with zero attached hydrogens (tertiary/aromatic N) is 4. The van der Waals surface area contributed by atoms with Gasteiger partial charge >= 0.3 is 0 Å². The number of thioether (sulfide) groups is 1. The summed E-state index contributed by atoms with van der Waals surface area (Å²) in [4.78, 5) is 30.3. The molecule has 8 heteroatoms. The summed E-state index contributed by atoms with van der Waals surface area (Å²) in [7, 11) is 0. The zero-order valence-corrected chi connectivity index (χ0v) is 19.8. The highest BCUT2D eigenvalue weighted by Crippen LogP contribution is 2.37. The number of likely N-dealkylation sites (N-methyl/N-ethyl adjacent to an activating group) is 1. The first kappa shape index (κ1) is 22.6. The fraction of sp³-hybridized carbons (Fsp3) is 0.545. The van der Waals surface area contributed by atoms with Crippen molar-refractivity contribution in [3.8, 4) is 6.07 Å². The van der Waals surface area contributed by atoms with Gasteiger partial charge in [0.1, 0.15) is 21.8 Å². The fourth-order valence-corrected chi connectivity index (χ4v) is 5.88. The van der Waals surface area contributed by atoms with E-state index in [1.807, 2.05) is 19.9 Å². The number of nitriles is 1. The number of rotatable bonds is 4. The van der Waals surface area contributed by atoms with Gasteiger partial charge in [-0.3, -0.25) is 19.1 Å². The van der Waals surface area contributed by atoms with E-state index in [9.17, 15) is 14.9 Å². The highest BCUT2D eigenvalue weighted by Gasteiger charge is 2.33. The lowest BCUT2D eigenvalue weighted by atomic mass is 9.91. The Kier molecular flexibility index (Phi) is 6.73. The van der Waals surface area contributed by atoms with Gasteiger partial charge in [0, 0.05) is 31.7 Å². The van der Waals surface area contributed by atoms with Crippen LogP contribution in [0.4, 0.5) is 5.82 Å². The molecule has 0 saturated carbocycles. The minimum atomic E-state index is -0.267. The molecule has 0 aliphatic carbocycles. The van der Waals surface area contributed by atoms with E-state index in [1.165, 1.54) is 11.8 Å². The Bertz CT molecular complexity index is 1010. The standard InChI is InChI=1S/C22H28N4O2S2/c1-6-25-19(24-11-13(3)8-14(4)12-24)16(15(5)17(10-23)20(25)27)9-18-21(28)26(7-2)22(29)30-18/h9,13-14H,6-8,11-12H2,1-5H3/b18-9-. The van der Waals surface area contributed by atoms with Crippen molar-refractivity contribution in [2.24, 2.45) is 11.8 Å². The third-order valence-corrected chi connectivity index (χ3v) is 7.17. The van der Waals surface area contributed by atoms with Crippen molar-refractivity contribution >= 4 is 46.1 Å². The number of hydrogen-bond acceptors (Lipinski definition) is 6. The first-order chi connectivity index (χ1) is 14.2. The van der Waals surface area contributed by atoms with E-state index >= 15 is 0 Å². The molecule has 3 heterocycles. The average Bonchev–Trinajstić information content (AvgIpc) is 2.95. The topological polar surface area (TPSA) is 69.3 Å². The average molecular weight is 445 g/mol. The van der Waals surface area contributed by atoms with Gasteiger partial charge in [-0.2, -0.15) is 5.26 Å². The van der Waals surface area contributed by atoms with Gasteiger partial charge in [0.25, 0.3) is 11.5 Å². The maximum atomic E-state index is 13.1. The Balaban J connectivity index is 2.27. The Morgan fingerprint density at radius 2 is 1.83 bits per heavy atom. The Morgan fingerprint density at radius 1 is 1.20 bits per heavy atom. The number of carbonyl (C=O) groups is 1. The molecule has 0 aromatic carbocycles. The molecule has 2 fully saturated rings. The van der Waals surface area contributed by atoms with E-state index in [2.05, 4.69) is 24.8 Å². The molecule has 0 spiro atoms. The third-order valence-electron chi connectivity index (χ3n) is 5.80. The quantitative estimate of drug-likeness (QED) is 0.520. The largest absolute Gasteiger partial charge is 0.357 e. The lowest BCUT2D eigenvalue weighted by Gasteiger charge is -2.38. The van der Waals surface area contributed by atoms with Gasteiger partial charge in [0.2, 0.25) is 0 Å². The van der Waals surface area contributed by atoms with Crippen molar-refractivity contribution in [2.45, 2.75) is 47.6 Å². The van der Waals surface area contributed by atoms with Crippen LogP contribution in [0.25, 0.3) is 6.08 Å². The van der Waals surface area contributed by atoms with Crippen molar-refractivity contribution < 1.29 is 4.79 Å². The van der Waals surface area contributed by atoms with Crippen LogP contribution in [0.2, 0.25) is 0 Å². The van der Waals surface area contributed by atoms with E-state index in [-0.39, 0.29) is 17.0 Å². The van der Waals surface area contributed by atoms with Gasteiger partial charge in [0.15, 0.2) is 0 Å². The number of pyridine rings is 1. The van der Waals surface area contributed by atoms with E-state index in [0.29, 0.717) is 39.7 Å². The van der Waals surface area contributed by atoms with E-state index in [0.717, 1.165) is 30.9 Å². The number of hydrogen-bond donors (Lipinski definition) is 0. The summed E-state index contributed by atoms with van der Waals surface area (Å²) >= 11 is 6.64. The molecule has 1 aromatic heterocycles. The lowest BCUT2D eigenvalue weighted by Crippen LogP contribution is -2.42. The van der Waals surface area contributed by atoms with E-state index in [1.54, 1.807) is 16.4 Å². The zero-order valence-electron chi connectivity index (χ0n) is 18.2. The molecule has 2 atom stereocenters. The summed E-state index contributed by atoms with van der Waals surface area (Å²) in [6.07, 6.45) is 2.97. The van der Waals surface area contributed by atoms with Crippen LogP contribution in [0.3, 0.4) is 0 Å². The number of piperidine rings is 1. The van der Waals surface area contributed by atoms with Crippen molar-refractivity contribution in [3.05, 3.63) is 31.9 Å². The second-order valence-corrected chi connectivity index (χ2v) is 9.85. The summed E-state index contributed by atoms with van der Waals surface area (Å²) in [5.74, 6) is 1.68. The Hall–Kier alpha value is -2.11. The lowest BCUT2D eigenvalue weighted by molar-refractivity contribution is -0.121. The summed E-state index contributed by atoms with van der Waals surface area (Å²) in [5, 5.41) is 9.67. The van der Waals surface area contributed by atoms with Crippen LogP contribution in [0.15, 0.2) is 9.70 Å². The molecule has 2 saturated heterocycles. The molecule has 2 aliphatic heterocycles. The SMILES string of the molecule is CCN1C(=O)/C(=C/c2c(C)c(C#N)c(=O)n(CC)c2N2CC(C)CC(C)C2)SC1=S. The number of thiocarbonyl (C=S) groups is 1. The van der Waals surface area contributed by atoms with Crippen LogP contribution < -0.4 is 10.5 Å². The molecular formula is C22H28N4O2S2. The molecule has 3 rings (SSSR count). The molecule has 6 nitrogen and oxygen atoms in total. The molecule has 0 N–H and O–H groups in total. The monoisotopic (exact) mass is 444 g/mol. The van der Waals surface area contributed by atoms with Gasteiger partial charge in [-0.05, 0) is 50.7 Å².